The number of hydrogen-bond donors (Lipinski definition) is 0. The summed E-state index contributed by atoms with van der Waals surface area (Å²) in [5, 5.41) is 0. The lowest BCUT2D eigenvalue weighted by molar-refractivity contribution is -0.158. The first-order chi connectivity index (χ1) is 17.0. The number of halogens is 3. The number of ether oxygens (including phenoxy) is 4. The Morgan fingerprint density at radius 2 is 1.64 bits per heavy atom. The van der Waals surface area contributed by atoms with Crippen LogP contribution in [0.15, 0.2) is 47.4 Å². The summed E-state index contributed by atoms with van der Waals surface area (Å²) in [6.45, 7) is 13.8. The summed E-state index contributed by atoms with van der Waals surface area (Å²) < 4.78 is 60.4. The van der Waals surface area contributed by atoms with Gasteiger partial charge in [-0.25, -0.2) is 4.79 Å². The van der Waals surface area contributed by atoms with Gasteiger partial charge in [0, 0.05) is 17.3 Å². The van der Waals surface area contributed by atoms with Crippen LogP contribution in [0.2, 0.25) is 0 Å². The molecule has 0 radical (unpaired) electrons. The van der Waals surface area contributed by atoms with Crippen LogP contribution in [0.5, 0.6) is 11.5 Å². The van der Waals surface area contributed by atoms with Gasteiger partial charge in [-0.15, -0.1) is 11.8 Å². The second-order valence-electron chi connectivity index (χ2n) is 7.98. The Morgan fingerprint density at radius 3 is 2.17 bits per heavy atom. The van der Waals surface area contributed by atoms with E-state index >= 15 is 0 Å². The number of esters is 1. The number of carbonyl (C=O) groups is 1. The molecule has 9 heteroatoms. The van der Waals surface area contributed by atoms with E-state index in [1.54, 1.807) is 32.5 Å². The van der Waals surface area contributed by atoms with Crippen molar-refractivity contribution < 1.29 is 36.9 Å². The summed E-state index contributed by atoms with van der Waals surface area (Å²) in [4.78, 5) is 13.1. The zero-order valence-electron chi connectivity index (χ0n) is 22.0. The summed E-state index contributed by atoms with van der Waals surface area (Å²) in [5.74, 6) is 1.10. The first-order valence-corrected chi connectivity index (χ1v) is 13.0. The Labute approximate surface area is 216 Å². The number of alkyl halides is 3. The van der Waals surface area contributed by atoms with E-state index in [1.807, 2.05) is 45.9 Å². The van der Waals surface area contributed by atoms with E-state index in [-0.39, 0.29) is 19.3 Å². The molecule has 0 N–H and O–H groups in total. The van der Waals surface area contributed by atoms with Crippen LogP contribution in [0, 0.1) is 6.92 Å². The van der Waals surface area contributed by atoms with Crippen molar-refractivity contribution in [1.82, 2.24) is 0 Å². The lowest BCUT2D eigenvalue weighted by Gasteiger charge is -2.25. The van der Waals surface area contributed by atoms with Gasteiger partial charge in [-0.3, -0.25) is 0 Å². The molecule has 1 atom stereocenters. The van der Waals surface area contributed by atoms with Gasteiger partial charge in [0.2, 0.25) is 0 Å². The Balaban J connectivity index is 0.00000316. The number of carbonyl (C=O) groups excluding carboxylic acids is 1. The third-order valence-electron chi connectivity index (χ3n) is 4.73. The predicted molar refractivity (Wildman–Crippen MR) is 137 cm³/mol. The van der Waals surface area contributed by atoms with Crippen molar-refractivity contribution >= 4 is 17.7 Å². The smallest absolute Gasteiger partial charge is 0.416 e. The van der Waals surface area contributed by atoms with Crippen molar-refractivity contribution in [3.8, 4) is 11.5 Å². The van der Waals surface area contributed by atoms with Crippen molar-refractivity contribution in [3.05, 3.63) is 53.6 Å². The Kier molecular flexibility index (Phi) is 13.2. The fourth-order valence-corrected chi connectivity index (χ4v) is 3.94. The van der Waals surface area contributed by atoms with Crippen molar-refractivity contribution in [1.29, 1.82) is 0 Å². The molecule has 2 aromatic rings. The molecule has 2 rings (SSSR count). The molecule has 0 aliphatic rings. The molecule has 0 fully saturated rings. The van der Waals surface area contributed by atoms with Crippen LogP contribution in [0.1, 0.15) is 52.7 Å². The molecule has 36 heavy (non-hydrogen) atoms. The lowest BCUT2D eigenvalue weighted by atomic mass is 10.1. The lowest BCUT2D eigenvalue weighted by Crippen LogP contribution is -2.39. The predicted octanol–water partition coefficient (Wildman–Crippen LogP) is 7.34. The SMILES string of the molecule is CC.CCOC(=O)C(C)(C)Oc1ccc(SCC(COc2ccc(C(F)(F)F)cc2)OCC)cc1C. The molecule has 0 spiro atoms. The average molecular weight is 531 g/mol. The second kappa shape index (κ2) is 15.0. The summed E-state index contributed by atoms with van der Waals surface area (Å²) in [6.07, 6.45) is -4.63. The highest BCUT2D eigenvalue weighted by Gasteiger charge is 2.32. The quantitative estimate of drug-likeness (QED) is 0.211. The molecule has 0 saturated heterocycles. The van der Waals surface area contributed by atoms with Gasteiger partial charge >= 0.3 is 12.1 Å². The molecule has 0 aromatic heterocycles. The van der Waals surface area contributed by atoms with Crippen molar-refractivity contribution in [3.63, 3.8) is 0 Å². The molecule has 202 valence electrons. The number of thioether (sulfide) groups is 1. The highest BCUT2D eigenvalue weighted by molar-refractivity contribution is 7.99. The minimum atomic E-state index is -4.38. The first kappa shape index (κ1) is 31.6. The summed E-state index contributed by atoms with van der Waals surface area (Å²) in [5.41, 5.74) is -0.952. The number of rotatable bonds is 12. The minimum Gasteiger partial charge on any atom is -0.491 e. The van der Waals surface area contributed by atoms with E-state index in [0.717, 1.165) is 22.6 Å². The van der Waals surface area contributed by atoms with Crippen LogP contribution in [0.4, 0.5) is 13.2 Å². The topological polar surface area (TPSA) is 54.0 Å². The zero-order valence-corrected chi connectivity index (χ0v) is 22.8. The number of benzene rings is 2. The molecule has 0 heterocycles. The maximum absolute atomic E-state index is 12.7. The van der Waals surface area contributed by atoms with E-state index in [2.05, 4.69) is 0 Å². The molecular formula is C27H37F3O5S. The van der Waals surface area contributed by atoms with Gasteiger partial charge in [-0.1, -0.05) is 13.8 Å². The third-order valence-corrected chi connectivity index (χ3v) is 5.86. The average Bonchev–Trinajstić information content (AvgIpc) is 2.83. The second-order valence-corrected chi connectivity index (χ2v) is 9.08. The number of hydrogen-bond acceptors (Lipinski definition) is 6. The van der Waals surface area contributed by atoms with E-state index in [4.69, 9.17) is 18.9 Å². The number of aryl methyl sites for hydroxylation is 1. The molecule has 0 saturated carbocycles. The van der Waals surface area contributed by atoms with Crippen LogP contribution in [0.3, 0.4) is 0 Å². The fourth-order valence-electron chi connectivity index (χ4n) is 2.95. The van der Waals surface area contributed by atoms with Gasteiger partial charge < -0.3 is 18.9 Å². The van der Waals surface area contributed by atoms with E-state index < -0.39 is 23.3 Å². The molecule has 0 aliphatic heterocycles. The molecule has 1 unspecified atom stereocenters. The van der Waals surface area contributed by atoms with Crippen molar-refractivity contribution in [2.24, 2.45) is 0 Å². The Hall–Kier alpha value is -2.39. The van der Waals surface area contributed by atoms with Gasteiger partial charge in [0.15, 0.2) is 5.60 Å². The molecular weight excluding hydrogens is 493 g/mol. The standard InChI is InChI=1S/C25H31F3O5S.C2H6/c1-6-30-20(15-32-19-10-8-18(9-11-19)25(26,27)28)16-34-21-12-13-22(17(3)14-21)33-24(4,5)23(29)31-7-2;1-2/h8-14,20H,6-7,15-16H2,1-5H3;1-2H3. The van der Waals surface area contributed by atoms with Crippen LogP contribution in [-0.4, -0.2) is 43.2 Å². The highest BCUT2D eigenvalue weighted by Crippen LogP contribution is 2.31. The Bertz CT molecular complexity index is 930. The van der Waals surface area contributed by atoms with E-state index in [0.29, 0.717) is 23.9 Å². The largest absolute Gasteiger partial charge is 0.491 e. The van der Waals surface area contributed by atoms with Gasteiger partial charge in [-0.2, -0.15) is 13.2 Å². The maximum Gasteiger partial charge on any atom is 0.416 e. The zero-order chi connectivity index (χ0) is 27.4. The molecule has 0 amide bonds. The highest BCUT2D eigenvalue weighted by atomic mass is 32.2. The summed E-state index contributed by atoms with van der Waals surface area (Å²) in [7, 11) is 0. The minimum absolute atomic E-state index is 0.208. The van der Waals surface area contributed by atoms with Gasteiger partial charge in [0.25, 0.3) is 0 Å². The van der Waals surface area contributed by atoms with Gasteiger partial charge in [-0.05, 0) is 82.6 Å². The normalized spacial score (nSPS) is 12.3. The van der Waals surface area contributed by atoms with Gasteiger partial charge in [0.05, 0.1) is 12.2 Å². The first-order valence-electron chi connectivity index (χ1n) is 12.0. The van der Waals surface area contributed by atoms with E-state index in [9.17, 15) is 18.0 Å². The summed E-state index contributed by atoms with van der Waals surface area (Å²) >= 11 is 1.56. The van der Waals surface area contributed by atoms with Crippen molar-refractivity contribution in [2.45, 2.75) is 71.2 Å². The third kappa shape index (κ3) is 10.3. The fraction of sp³-hybridized carbons (Fsp3) is 0.519. The van der Waals surface area contributed by atoms with Crippen LogP contribution < -0.4 is 9.47 Å². The van der Waals surface area contributed by atoms with Crippen LogP contribution >= 0.6 is 11.8 Å². The van der Waals surface area contributed by atoms with Crippen LogP contribution in [0.25, 0.3) is 0 Å². The molecule has 0 aliphatic carbocycles. The van der Waals surface area contributed by atoms with Gasteiger partial charge in [0.1, 0.15) is 24.2 Å². The van der Waals surface area contributed by atoms with Crippen molar-refractivity contribution in [2.75, 3.05) is 25.6 Å². The Morgan fingerprint density at radius 1 is 1.00 bits per heavy atom. The molecule has 2 aromatic carbocycles. The monoisotopic (exact) mass is 530 g/mol. The molecule has 0 bridgehead atoms. The van der Waals surface area contributed by atoms with Crippen LogP contribution in [-0.2, 0) is 20.4 Å². The maximum atomic E-state index is 12.7. The van der Waals surface area contributed by atoms with E-state index in [1.165, 1.54) is 12.1 Å². The molecule has 5 nitrogen and oxygen atoms in total. The summed E-state index contributed by atoms with van der Waals surface area (Å²) in [6, 6.07) is 10.3.